The monoisotopic (exact) mass is 587 g/mol. The van der Waals surface area contributed by atoms with Crippen LogP contribution in [-0.4, -0.2) is 28.0 Å². The van der Waals surface area contributed by atoms with Crippen molar-refractivity contribution in [3.8, 4) is 5.75 Å². The van der Waals surface area contributed by atoms with E-state index in [0.29, 0.717) is 11.3 Å². The summed E-state index contributed by atoms with van der Waals surface area (Å²) in [4.78, 5) is 21.7. The van der Waals surface area contributed by atoms with E-state index in [0.717, 1.165) is 46.7 Å². The van der Waals surface area contributed by atoms with Crippen LogP contribution in [0.2, 0.25) is 0 Å². The highest BCUT2D eigenvalue weighted by Gasteiger charge is 2.11. The standard InChI is InChI=1S/C28H18BrN3O3S2/c29-17-5-10-23(33)16(11-17)14-30-18-7-9-22-26(13-18)37-28(32-22)36-15-27(34)31-19-6-8-21-20-3-1-2-4-24(20)35-25(21)12-19/h1-14,33H,15H2,(H,31,34). The minimum Gasteiger partial charge on any atom is -0.507 e. The molecule has 0 bridgehead atoms. The largest absolute Gasteiger partial charge is 0.507 e. The molecule has 0 aliphatic heterocycles. The zero-order valence-electron chi connectivity index (χ0n) is 19.1. The number of nitrogens with one attached hydrogen (secondary N) is 1. The first-order valence-electron chi connectivity index (χ1n) is 11.3. The first-order valence-corrected chi connectivity index (χ1v) is 13.9. The number of benzene rings is 4. The number of thioether (sulfide) groups is 1. The number of phenolic OH excluding ortho intramolecular Hbond substituents is 1. The van der Waals surface area contributed by atoms with Gasteiger partial charge in [0.2, 0.25) is 5.91 Å². The summed E-state index contributed by atoms with van der Waals surface area (Å²) in [6, 6.07) is 24.5. The van der Waals surface area contributed by atoms with Crippen molar-refractivity contribution in [2.75, 3.05) is 11.1 Å². The number of furan rings is 1. The van der Waals surface area contributed by atoms with Crippen molar-refractivity contribution in [2.45, 2.75) is 4.34 Å². The van der Waals surface area contributed by atoms with Crippen LogP contribution >= 0.6 is 39.0 Å². The minimum atomic E-state index is -0.112. The summed E-state index contributed by atoms with van der Waals surface area (Å²) in [5, 5.41) is 15.0. The van der Waals surface area contributed by atoms with Crippen LogP contribution in [0.5, 0.6) is 5.75 Å². The van der Waals surface area contributed by atoms with Crippen LogP contribution in [0.3, 0.4) is 0 Å². The molecular formula is C28H18BrN3O3S2. The highest BCUT2D eigenvalue weighted by molar-refractivity contribution is 9.10. The predicted molar refractivity (Wildman–Crippen MR) is 156 cm³/mol. The van der Waals surface area contributed by atoms with E-state index in [9.17, 15) is 9.90 Å². The molecule has 0 fully saturated rings. The maximum atomic E-state index is 12.6. The van der Waals surface area contributed by atoms with E-state index >= 15 is 0 Å². The van der Waals surface area contributed by atoms with E-state index in [1.807, 2.05) is 60.7 Å². The number of anilines is 1. The molecule has 0 spiro atoms. The Hall–Kier alpha value is -3.66. The molecular weight excluding hydrogens is 570 g/mol. The Morgan fingerprint density at radius 1 is 1.05 bits per heavy atom. The summed E-state index contributed by atoms with van der Waals surface area (Å²) in [6.07, 6.45) is 1.63. The molecule has 37 heavy (non-hydrogen) atoms. The van der Waals surface area contributed by atoms with Gasteiger partial charge < -0.3 is 14.8 Å². The number of thiazole rings is 1. The number of amides is 1. The topological polar surface area (TPSA) is 87.7 Å². The van der Waals surface area contributed by atoms with Gasteiger partial charge in [0, 0.05) is 38.8 Å². The number of phenols is 1. The smallest absolute Gasteiger partial charge is 0.234 e. The van der Waals surface area contributed by atoms with Crippen LogP contribution in [0.1, 0.15) is 5.56 Å². The maximum Gasteiger partial charge on any atom is 0.234 e. The van der Waals surface area contributed by atoms with Crippen LogP contribution < -0.4 is 5.32 Å². The Bertz CT molecular complexity index is 1830. The van der Waals surface area contributed by atoms with Crippen molar-refractivity contribution in [1.82, 2.24) is 4.98 Å². The van der Waals surface area contributed by atoms with Gasteiger partial charge in [-0.1, -0.05) is 45.9 Å². The highest BCUT2D eigenvalue weighted by atomic mass is 79.9. The second-order valence-corrected chi connectivity index (χ2v) is 11.4. The van der Waals surface area contributed by atoms with Crippen molar-refractivity contribution in [3.63, 3.8) is 0 Å². The number of para-hydroxylation sites is 1. The molecule has 6 aromatic rings. The molecule has 0 saturated carbocycles. The fourth-order valence-electron chi connectivity index (χ4n) is 3.94. The lowest BCUT2D eigenvalue weighted by atomic mass is 10.1. The Balaban J connectivity index is 1.12. The summed E-state index contributed by atoms with van der Waals surface area (Å²) in [5.74, 6) is 0.296. The van der Waals surface area contributed by atoms with Crippen molar-refractivity contribution in [1.29, 1.82) is 0 Å². The summed E-state index contributed by atoms with van der Waals surface area (Å²) in [7, 11) is 0. The number of aliphatic imine (C=N–C) groups is 1. The molecule has 6 rings (SSSR count). The first-order chi connectivity index (χ1) is 18.0. The van der Waals surface area contributed by atoms with Gasteiger partial charge in [-0.25, -0.2) is 4.98 Å². The molecule has 2 N–H and O–H groups in total. The third-order valence-electron chi connectivity index (χ3n) is 5.68. The molecule has 182 valence electrons. The molecule has 9 heteroatoms. The van der Waals surface area contributed by atoms with Crippen molar-refractivity contribution < 1.29 is 14.3 Å². The maximum absolute atomic E-state index is 12.6. The first kappa shape index (κ1) is 23.7. The van der Waals surface area contributed by atoms with Gasteiger partial charge in [-0.2, -0.15) is 0 Å². The number of nitrogens with zero attached hydrogens (tertiary/aromatic N) is 2. The van der Waals surface area contributed by atoms with Gasteiger partial charge >= 0.3 is 0 Å². The fraction of sp³-hybridized carbons (Fsp3) is 0.0357. The van der Waals surface area contributed by atoms with E-state index in [4.69, 9.17) is 4.42 Å². The van der Waals surface area contributed by atoms with Crippen molar-refractivity contribution >= 4 is 94.7 Å². The summed E-state index contributed by atoms with van der Waals surface area (Å²) < 4.78 is 8.56. The molecule has 0 aliphatic rings. The molecule has 6 nitrogen and oxygen atoms in total. The second kappa shape index (κ2) is 10.0. The average molecular weight is 589 g/mol. The van der Waals surface area contributed by atoms with E-state index in [1.165, 1.54) is 23.1 Å². The zero-order valence-corrected chi connectivity index (χ0v) is 22.4. The highest BCUT2D eigenvalue weighted by Crippen LogP contribution is 2.33. The number of aromatic nitrogens is 1. The van der Waals surface area contributed by atoms with Crippen LogP contribution in [0, 0.1) is 0 Å². The lowest BCUT2D eigenvalue weighted by Gasteiger charge is -2.04. The Morgan fingerprint density at radius 2 is 1.92 bits per heavy atom. The number of hydrogen-bond donors (Lipinski definition) is 2. The fourth-order valence-corrected chi connectivity index (χ4v) is 6.22. The number of carbonyl (C=O) groups excluding carboxylic acids is 1. The number of fused-ring (bicyclic) bond motifs is 4. The molecule has 2 heterocycles. The van der Waals surface area contributed by atoms with E-state index < -0.39 is 0 Å². The molecule has 1 amide bonds. The number of hydrogen-bond acceptors (Lipinski definition) is 7. The number of carbonyl (C=O) groups is 1. The Kier molecular flexibility index (Phi) is 6.42. The molecule has 0 aliphatic carbocycles. The Labute approximate surface area is 228 Å². The van der Waals surface area contributed by atoms with Gasteiger partial charge in [-0.05, 0) is 54.6 Å². The van der Waals surface area contributed by atoms with Gasteiger partial charge in [0.05, 0.1) is 21.7 Å². The average Bonchev–Trinajstić information content (AvgIpc) is 3.48. The van der Waals surface area contributed by atoms with Crippen molar-refractivity contribution in [3.05, 3.63) is 88.9 Å². The Morgan fingerprint density at radius 3 is 2.84 bits per heavy atom. The van der Waals surface area contributed by atoms with E-state index in [2.05, 4.69) is 31.2 Å². The van der Waals surface area contributed by atoms with Crippen LogP contribution in [0.15, 0.2) is 97.1 Å². The van der Waals surface area contributed by atoms with Gasteiger partial charge in [0.25, 0.3) is 0 Å². The molecule has 2 aromatic heterocycles. The van der Waals surface area contributed by atoms with Gasteiger partial charge in [-0.3, -0.25) is 9.79 Å². The molecule has 0 atom stereocenters. The number of aromatic hydroxyl groups is 1. The number of halogens is 1. The van der Waals surface area contributed by atoms with Crippen LogP contribution in [0.4, 0.5) is 11.4 Å². The van der Waals surface area contributed by atoms with Crippen LogP contribution in [0.25, 0.3) is 32.2 Å². The summed E-state index contributed by atoms with van der Waals surface area (Å²) in [6.45, 7) is 0. The predicted octanol–water partition coefficient (Wildman–Crippen LogP) is 8.15. The third kappa shape index (κ3) is 5.11. The number of rotatable bonds is 6. The normalized spacial score (nSPS) is 11.7. The summed E-state index contributed by atoms with van der Waals surface area (Å²) >= 11 is 6.32. The van der Waals surface area contributed by atoms with Crippen molar-refractivity contribution in [2.24, 2.45) is 4.99 Å². The van der Waals surface area contributed by atoms with E-state index in [1.54, 1.807) is 24.4 Å². The lowest BCUT2D eigenvalue weighted by molar-refractivity contribution is -0.113. The SMILES string of the molecule is O=C(CSc1nc2ccc(N=Cc3cc(Br)ccc3O)cc2s1)Nc1ccc2c(c1)oc1ccccc12. The van der Waals surface area contributed by atoms with Crippen LogP contribution in [-0.2, 0) is 4.79 Å². The summed E-state index contributed by atoms with van der Waals surface area (Å²) in [5.41, 5.74) is 4.50. The second-order valence-electron chi connectivity index (χ2n) is 8.24. The third-order valence-corrected chi connectivity index (χ3v) is 8.34. The van der Waals surface area contributed by atoms with Gasteiger partial charge in [0.15, 0.2) is 4.34 Å². The molecule has 0 radical (unpaired) electrons. The minimum absolute atomic E-state index is 0.112. The molecule has 0 saturated heterocycles. The lowest BCUT2D eigenvalue weighted by Crippen LogP contribution is -2.13. The van der Waals surface area contributed by atoms with Gasteiger partial charge in [0.1, 0.15) is 16.9 Å². The van der Waals surface area contributed by atoms with E-state index in [-0.39, 0.29) is 17.4 Å². The van der Waals surface area contributed by atoms with Gasteiger partial charge in [-0.15, -0.1) is 11.3 Å². The zero-order chi connectivity index (χ0) is 25.4. The molecule has 0 unspecified atom stereocenters. The molecule has 4 aromatic carbocycles. The quantitative estimate of drug-likeness (QED) is 0.152.